The molecular formula is C12H23N5O. The lowest BCUT2D eigenvalue weighted by Crippen LogP contribution is -2.37. The number of hydrogen-bond donors (Lipinski definition) is 1. The Morgan fingerprint density at radius 2 is 2.28 bits per heavy atom. The molecule has 1 unspecified atom stereocenters. The van der Waals surface area contributed by atoms with Crippen molar-refractivity contribution in [1.29, 1.82) is 0 Å². The fourth-order valence-electron chi connectivity index (χ4n) is 2.36. The van der Waals surface area contributed by atoms with Gasteiger partial charge in [-0.2, -0.15) is 0 Å². The monoisotopic (exact) mass is 253 g/mol. The Hall–Kier alpha value is -1.14. The molecule has 1 N–H and O–H groups in total. The van der Waals surface area contributed by atoms with Crippen molar-refractivity contribution in [3.8, 4) is 0 Å². The predicted molar refractivity (Wildman–Crippen MR) is 70.6 cm³/mol. The number of rotatable bonds is 6. The van der Waals surface area contributed by atoms with Gasteiger partial charge >= 0.3 is 6.01 Å². The molecule has 0 aliphatic carbocycles. The first-order chi connectivity index (χ1) is 8.70. The van der Waals surface area contributed by atoms with Crippen LogP contribution < -0.4 is 10.2 Å². The summed E-state index contributed by atoms with van der Waals surface area (Å²) < 4.78 is 5.70. The van der Waals surface area contributed by atoms with Crippen molar-refractivity contribution in [3.63, 3.8) is 0 Å². The van der Waals surface area contributed by atoms with E-state index in [0.29, 0.717) is 24.5 Å². The molecule has 2 rings (SSSR count). The van der Waals surface area contributed by atoms with Crippen molar-refractivity contribution in [1.82, 2.24) is 20.4 Å². The molecule has 0 bridgehead atoms. The van der Waals surface area contributed by atoms with Crippen molar-refractivity contribution >= 4 is 6.01 Å². The predicted octanol–water partition coefficient (Wildman–Crippen LogP) is 0.710. The Morgan fingerprint density at radius 3 is 3.00 bits per heavy atom. The molecule has 1 fully saturated rings. The van der Waals surface area contributed by atoms with Crippen LogP contribution in [0.2, 0.25) is 0 Å². The van der Waals surface area contributed by atoms with E-state index in [1.165, 1.54) is 12.8 Å². The van der Waals surface area contributed by atoms with Crippen molar-refractivity contribution in [2.45, 2.75) is 32.4 Å². The van der Waals surface area contributed by atoms with E-state index in [-0.39, 0.29) is 0 Å². The first-order valence-corrected chi connectivity index (χ1v) is 6.65. The van der Waals surface area contributed by atoms with Gasteiger partial charge < -0.3 is 19.5 Å². The molecule has 1 aromatic rings. The Labute approximate surface area is 108 Å². The minimum absolute atomic E-state index is 0.493. The summed E-state index contributed by atoms with van der Waals surface area (Å²) in [4.78, 5) is 4.45. The Kier molecular flexibility index (Phi) is 4.54. The average molecular weight is 253 g/mol. The van der Waals surface area contributed by atoms with Gasteiger partial charge in [-0.25, -0.2) is 0 Å². The van der Waals surface area contributed by atoms with Crippen LogP contribution in [0.1, 0.15) is 25.7 Å². The zero-order valence-corrected chi connectivity index (χ0v) is 11.5. The topological polar surface area (TPSA) is 57.4 Å². The van der Waals surface area contributed by atoms with Crippen LogP contribution in [0.25, 0.3) is 0 Å². The second kappa shape index (κ2) is 6.15. The molecular weight excluding hydrogens is 230 g/mol. The van der Waals surface area contributed by atoms with Crippen molar-refractivity contribution < 1.29 is 4.42 Å². The summed E-state index contributed by atoms with van der Waals surface area (Å²) in [6.07, 6.45) is 2.40. The zero-order valence-electron chi connectivity index (χ0n) is 11.5. The molecule has 1 aliphatic rings. The maximum Gasteiger partial charge on any atom is 0.318 e. The number of hydrogen-bond acceptors (Lipinski definition) is 6. The van der Waals surface area contributed by atoms with Gasteiger partial charge in [0.1, 0.15) is 0 Å². The third kappa shape index (κ3) is 3.20. The molecule has 0 spiro atoms. The van der Waals surface area contributed by atoms with Crippen LogP contribution >= 0.6 is 0 Å². The van der Waals surface area contributed by atoms with Crippen LogP contribution in [0.5, 0.6) is 0 Å². The normalized spacial score (nSPS) is 20.0. The smallest absolute Gasteiger partial charge is 0.318 e. The number of likely N-dealkylation sites (N-methyl/N-ethyl adjacent to an activating group) is 1. The van der Waals surface area contributed by atoms with Crippen LogP contribution in [0.4, 0.5) is 6.01 Å². The standard InChI is InChI=1S/C12H23N5O/c1-4-13-8-11-14-15-12(18-11)17-7-5-6-10(17)9-16(2)3/h10,13H,4-9H2,1-3H3. The van der Waals surface area contributed by atoms with Gasteiger partial charge in [-0.1, -0.05) is 12.0 Å². The molecule has 2 heterocycles. The van der Waals surface area contributed by atoms with E-state index < -0.39 is 0 Å². The van der Waals surface area contributed by atoms with E-state index in [1.54, 1.807) is 0 Å². The van der Waals surface area contributed by atoms with E-state index in [9.17, 15) is 0 Å². The minimum atomic E-state index is 0.493. The molecule has 1 atom stereocenters. The third-order valence-corrected chi connectivity index (χ3v) is 3.18. The highest BCUT2D eigenvalue weighted by Gasteiger charge is 2.28. The lowest BCUT2D eigenvalue weighted by Gasteiger charge is -2.25. The lowest BCUT2D eigenvalue weighted by atomic mass is 10.2. The van der Waals surface area contributed by atoms with Gasteiger partial charge in [-0.05, 0) is 33.5 Å². The largest absolute Gasteiger partial charge is 0.407 e. The molecule has 102 valence electrons. The summed E-state index contributed by atoms with van der Waals surface area (Å²) in [5.41, 5.74) is 0. The average Bonchev–Trinajstić information content (AvgIpc) is 2.93. The van der Waals surface area contributed by atoms with Crippen LogP contribution in [-0.4, -0.2) is 54.9 Å². The summed E-state index contributed by atoms with van der Waals surface area (Å²) in [5.74, 6) is 0.669. The molecule has 0 radical (unpaired) electrons. The van der Waals surface area contributed by atoms with E-state index in [4.69, 9.17) is 4.42 Å². The van der Waals surface area contributed by atoms with Gasteiger partial charge in [0, 0.05) is 19.1 Å². The van der Waals surface area contributed by atoms with E-state index in [0.717, 1.165) is 19.6 Å². The molecule has 1 aromatic heterocycles. The molecule has 18 heavy (non-hydrogen) atoms. The minimum Gasteiger partial charge on any atom is -0.407 e. The molecule has 0 amide bonds. The van der Waals surface area contributed by atoms with Gasteiger partial charge in [0.2, 0.25) is 5.89 Å². The van der Waals surface area contributed by atoms with Gasteiger partial charge in [0.25, 0.3) is 0 Å². The van der Waals surface area contributed by atoms with Crippen LogP contribution in [0, 0.1) is 0 Å². The number of nitrogens with zero attached hydrogens (tertiary/aromatic N) is 4. The Balaban J connectivity index is 1.98. The van der Waals surface area contributed by atoms with E-state index >= 15 is 0 Å². The highest BCUT2D eigenvalue weighted by atomic mass is 16.4. The highest BCUT2D eigenvalue weighted by Crippen LogP contribution is 2.24. The zero-order chi connectivity index (χ0) is 13.0. The number of anilines is 1. The summed E-state index contributed by atoms with van der Waals surface area (Å²) in [6.45, 7) is 5.66. The van der Waals surface area contributed by atoms with Crippen LogP contribution in [-0.2, 0) is 6.54 Å². The Bertz CT molecular complexity index is 365. The molecule has 0 aromatic carbocycles. The van der Waals surface area contributed by atoms with Crippen LogP contribution in [0.3, 0.4) is 0 Å². The Morgan fingerprint density at radius 1 is 1.44 bits per heavy atom. The second-order valence-corrected chi connectivity index (χ2v) is 5.01. The molecule has 1 saturated heterocycles. The molecule has 6 heteroatoms. The van der Waals surface area contributed by atoms with Gasteiger partial charge in [0.15, 0.2) is 0 Å². The SMILES string of the molecule is CCNCc1nnc(N2CCCC2CN(C)C)o1. The summed E-state index contributed by atoms with van der Waals surface area (Å²) in [7, 11) is 4.20. The summed E-state index contributed by atoms with van der Waals surface area (Å²) in [6, 6.07) is 1.17. The van der Waals surface area contributed by atoms with Crippen molar-refractivity contribution in [2.24, 2.45) is 0 Å². The molecule has 1 aliphatic heterocycles. The quantitative estimate of drug-likeness (QED) is 0.806. The maximum atomic E-state index is 5.70. The second-order valence-electron chi connectivity index (χ2n) is 5.01. The van der Waals surface area contributed by atoms with E-state index in [2.05, 4.69) is 46.3 Å². The molecule has 6 nitrogen and oxygen atoms in total. The van der Waals surface area contributed by atoms with Crippen molar-refractivity contribution in [2.75, 3.05) is 38.6 Å². The van der Waals surface area contributed by atoms with Crippen LogP contribution in [0.15, 0.2) is 4.42 Å². The lowest BCUT2D eigenvalue weighted by molar-refractivity contribution is 0.362. The summed E-state index contributed by atoms with van der Waals surface area (Å²) in [5, 5.41) is 11.4. The maximum absolute atomic E-state index is 5.70. The first kappa shape index (κ1) is 13.3. The van der Waals surface area contributed by atoms with Gasteiger partial charge in [-0.15, -0.1) is 5.10 Å². The number of nitrogens with one attached hydrogen (secondary N) is 1. The first-order valence-electron chi connectivity index (χ1n) is 6.65. The van der Waals surface area contributed by atoms with E-state index in [1.807, 2.05) is 0 Å². The molecule has 0 saturated carbocycles. The summed E-state index contributed by atoms with van der Waals surface area (Å²) >= 11 is 0. The third-order valence-electron chi connectivity index (χ3n) is 3.18. The van der Waals surface area contributed by atoms with Crippen molar-refractivity contribution in [3.05, 3.63) is 5.89 Å². The number of aromatic nitrogens is 2. The van der Waals surface area contributed by atoms with Gasteiger partial charge in [0.05, 0.1) is 6.54 Å². The fourth-order valence-corrected chi connectivity index (χ4v) is 2.36. The highest BCUT2D eigenvalue weighted by molar-refractivity contribution is 5.29. The fraction of sp³-hybridized carbons (Fsp3) is 0.833. The van der Waals surface area contributed by atoms with Gasteiger partial charge in [-0.3, -0.25) is 0 Å².